The van der Waals surface area contributed by atoms with Crippen LogP contribution in [0.25, 0.3) is 33.0 Å². The Labute approximate surface area is 146 Å². The van der Waals surface area contributed by atoms with Crippen LogP contribution in [0.5, 0.6) is 0 Å². The summed E-state index contributed by atoms with van der Waals surface area (Å²) in [6, 6.07) is 4.01. The predicted molar refractivity (Wildman–Crippen MR) is 102 cm³/mol. The van der Waals surface area contributed by atoms with Crippen LogP contribution in [0, 0.1) is 11.8 Å². The fraction of sp³-hybridized carbons (Fsp3) is 0.286. The third-order valence-electron chi connectivity index (χ3n) is 4.41. The second-order valence-electron chi connectivity index (χ2n) is 6.22. The molecule has 4 aromatic heterocycles. The van der Waals surface area contributed by atoms with Crippen molar-refractivity contribution in [3.8, 4) is 11.8 Å². The molecule has 0 radical (unpaired) electrons. The van der Waals surface area contributed by atoms with Gasteiger partial charge in [-0.25, -0.2) is 4.98 Å². The molecule has 0 saturated heterocycles. The van der Waals surface area contributed by atoms with E-state index in [9.17, 15) is 0 Å². The molecule has 25 heavy (non-hydrogen) atoms. The van der Waals surface area contributed by atoms with Crippen molar-refractivity contribution >= 4 is 33.0 Å². The molecule has 4 rings (SSSR count). The van der Waals surface area contributed by atoms with Crippen molar-refractivity contribution < 1.29 is 0 Å². The molecular weight excluding hydrogens is 308 g/mol. The lowest BCUT2D eigenvalue weighted by Gasteiger charge is -2.08. The van der Waals surface area contributed by atoms with Gasteiger partial charge in [-0.05, 0) is 30.5 Å². The third-order valence-corrected chi connectivity index (χ3v) is 4.41. The zero-order valence-corrected chi connectivity index (χ0v) is 14.6. The maximum absolute atomic E-state index is 4.89. The smallest absolute Gasteiger partial charge is 0.139 e. The number of pyridine rings is 3. The summed E-state index contributed by atoms with van der Waals surface area (Å²) >= 11 is 0. The fourth-order valence-corrected chi connectivity index (χ4v) is 3.31. The molecule has 0 saturated carbocycles. The molecule has 4 nitrogen and oxygen atoms in total. The van der Waals surface area contributed by atoms with E-state index in [2.05, 4.69) is 40.6 Å². The maximum atomic E-state index is 4.89. The summed E-state index contributed by atoms with van der Waals surface area (Å²) in [6.07, 6.45) is 9.50. The monoisotopic (exact) mass is 328 g/mol. The topological polar surface area (TPSA) is 54.5 Å². The van der Waals surface area contributed by atoms with Crippen molar-refractivity contribution in [2.45, 2.75) is 39.5 Å². The summed E-state index contributed by atoms with van der Waals surface area (Å²) in [7, 11) is 0. The Morgan fingerprint density at radius 3 is 2.84 bits per heavy atom. The third kappa shape index (κ3) is 2.62. The highest BCUT2D eigenvalue weighted by Gasteiger charge is 2.16. The van der Waals surface area contributed by atoms with E-state index in [1.54, 1.807) is 0 Å². The number of hydrogen-bond donors (Lipinski definition) is 1. The zero-order valence-electron chi connectivity index (χ0n) is 14.6. The normalized spacial score (nSPS) is 11.1. The Morgan fingerprint density at radius 1 is 1.08 bits per heavy atom. The number of aromatic nitrogens is 4. The fourth-order valence-electron chi connectivity index (χ4n) is 3.31. The number of fused-ring (bicyclic) bond motifs is 4. The van der Waals surface area contributed by atoms with Crippen LogP contribution in [0.15, 0.2) is 30.7 Å². The number of aromatic amines is 1. The maximum Gasteiger partial charge on any atom is 0.139 e. The predicted octanol–water partition coefficient (Wildman–Crippen LogP) is 4.76. The van der Waals surface area contributed by atoms with Gasteiger partial charge in [-0.1, -0.05) is 32.1 Å². The van der Waals surface area contributed by atoms with Crippen LogP contribution < -0.4 is 0 Å². The van der Waals surface area contributed by atoms with E-state index in [4.69, 9.17) is 4.98 Å². The molecular formula is C21H20N4. The quantitative estimate of drug-likeness (QED) is 0.551. The van der Waals surface area contributed by atoms with Crippen LogP contribution in [-0.4, -0.2) is 19.9 Å². The lowest BCUT2D eigenvalue weighted by atomic mass is 10.0. The molecule has 0 aliphatic heterocycles. The van der Waals surface area contributed by atoms with E-state index < -0.39 is 0 Å². The van der Waals surface area contributed by atoms with Crippen LogP contribution in [0.2, 0.25) is 0 Å². The average Bonchev–Trinajstić information content (AvgIpc) is 3.00. The first kappa shape index (κ1) is 15.6. The van der Waals surface area contributed by atoms with Crippen molar-refractivity contribution in [1.82, 2.24) is 19.9 Å². The minimum atomic E-state index is 0.890. The van der Waals surface area contributed by atoms with Crippen LogP contribution in [-0.2, 0) is 6.42 Å². The lowest BCUT2D eigenvalue weighted by molar-refractivity contribution is 0.933. The highest BCUT2D eigenvalue weighted by atomic mass is 14.9. The Balaban J connectivity index is 2.10. The van der Waals surface area contributed by atoms with Gasteiger partial charge < -0.3 is 4.98 Å². The van der Waals surface area contributed by atoms with Gasteiger partial charge in [0.25, 0.3) is 0 Å². The van der Waals surface area contributed by atoms with Gasteiger partial charge in [-0.2, -0.15) is 0 Å². The first-order chi connectivity index (χ1) is 12.3. The van der Waals surface area contributed by atoms with Gasteiger partial charge in [0.1, 0.15) is 11.2 Å². The molecule has 4 aromatic rings. The van der Waals surface area contributed by atoms with Crippen LogP contribution >= 0.6 is 0 Å². The molecule has 0 spiro atoms. The summed E-state index contributed by atoms with van der Waals surface area (Å²) < 4.78 is 0. The Bertz CT molecular complexity index is 1130. The van der Waals surface area contributed by atoms with Crippen molar-refractivity contribution in [2.75, 3.05) is 0 Å². The Hall–Kier alpha value is -2.93. The minimum absolute atomic E-state index is 0.890. The minimum Gasteiger partial charge on any atom is -0.338 e. The van der Waals surface area contributed by atoms with Crippen molar-refractivity contribution in [2.24, 2.45) is 0 Å². The number of unbranched alkanes of at least 4 members (excludes halogenated alkanes) is 1. The highest BCUT2D eigenvalue weighted by Crippen LogP contribution is 2.32. The van der Waals surface area contributed by atoms with Gasteiger partial charge >= 0.3 is 0 Å². The number of nitrogens with zero attached hydrogens (tertiary/aromatic N) is 3. The molecule has 0 unspecified atom stereocenters. The lowest BCUT2D eigenvalue weighted by Crippen LogP contribution is -1.96. The Morgan fingerprint density at radius 2 is 2.00 bits per heavy atom. The largest absolute Gasteiger partial charge is 0.338 e. The molecule has 4 heterocycles. The number of aryl methyl sites for hydroxylation is 1. The number of hydrogen-bond acceptors (Lipinski definition) is 3. The van der Waals surface area contributed by atoms with Gasteiger partial charge in [-0.3, -0.25) is 9.97 Å². The van der Waals surface area contributed by atoms with Gasteiger partial charge in [-0.15, -0.1) is 0 Å². The zero-order chi connectivity index (χ0) is 17.2. The van der Waals surface area contributed by atoms with Gasteiger partial charge in [0.05, 0.1) is 22.8 Å². The van der Waals surface area contributed by atoms with E-state index in [1.165, 1.54) is 5.56 Å². The molecule has 124 valence electrons. The first-order valence-electron chi connectivity index (χ1n) is 8.85. The van der Waals surface area contributed by atoms with Crippen LogP contribution in [0.3, 0.4) is 0 Å². The molecule has 0 amide bonds. The van der Waals surface area contributed by atoms with Gasteiger partial charge in [0, 0.05) is 29.6 Å². The van der Waals surface area contributed by atoms with E-state index >= 15 is 0 Å². The van der Waals surface area contributed by atoms with Gasteiger partial charge in [0.15, 0.2) is 0 Å². The summed E-state index contributed by atoms with van der Waals surface area (Å²) in [4.78, 5) is 17.2. The second-order valence-corrected chi connectivity index (χ2v) is 6.22. The second kappa shape index (κ2) is 6.52. The number of H-pyrrole nitrogens is 1. The average molecular weight is 328 g/mol. The van der Waals surface area contributed by atoms with E-state index in [0.29, 0.717) is 0 Å². The standard InChI is InChI=1S/C21H20N4/c1-3-5-6-8-14-9-12-23-20-16(7-4-2)18-15-10-11-22-13-17(15)24-21(18)25-19(14)20/h9-13H,3-5,7H2,1-2H3,(H,24,25). The number of rotatable bonds is 3. The van der Waals surface area contributed by atoms with Crippen molar-refractivity contribution in [3.63, 3.8) is 0 Å². The van der Waals surface area contributed by atoms with Gasteiger partial charge in [0.2, 0.25) is 0 Å². The summed E-state index contributed by atoms with van der Waals surface area (Å²) in [5, 5.41) is 2.32. The molecule has 0 fully saturated rings. The molecule has 4 heteroatoms. The SMILES string of the molecule is CCCC#Cc1ccnc2c(CCC)c3c(nc12)[nH]c1cnccc13. The molecule has 0 bridgehead atoms. The van der Waals surface area contributed by atoms with Crippen LogP contribution in [0.4, 0.5) is 0 Å². The summed E-state index contributed by atoms with van der Waals surface area (Å²) in [5.74, 6) is 6.51. The molecule has 0 aliphatic carbocycles. The van der Waals surface area contributed by atoms with Crippen LogP contribution in [0.1, 0.15) is 44.2 Å². The molecule has 0 aromatic carbocycles. The van der Waals surface area contributed by atoms with Crippen molar-refractivity contribution in [3.05, 3.63) is 41.9 Å². The van der Waals surface area contributed by atoms with E-state index in [0.717, 1.165) is 64.2 Å². The van der Waals surface area contributed by atoms with Crippen molar-refractivity contribution in [1.29, 1.82) is 0 Å². The summed E-state index contributed by atoms with van der Waals surface area (Å²) in [5.41, 5.74) is 5.97. The van der Waals surface area contributed by atoms with E-state index in [1.807, 2.05) is 30.7 Å². The summed E-state index contributed by atoms with van der Waals surface area (Å²) in [6.45, 7) is 4.33. The molecule has 0 aliphatic rings. The molecule has 0 atom stereocenters. The number of nitrogens with one attached hydrogen (secondary N) is 1. The first-order valence-corrected chi connectivity index (χ1v) is 8.85. The Kier molecular flexibility index (Phi) is 4.07. The van der Waals surface area contributed by atoms with E-state index in [-0.39, 0.29) is 0 Å². The molecule has 1 N–H and O–H groups in total. The highest BCUT2D eigenvalue weighted by molar-refractivity contribution is 6.11.